The second-order valence-corrected chi connectivity index (χ2v) is 4.79. The Hall–Kier alpha value is -0.850. The summed E-state index contributed by atoms with van der Waals surface area (Å²) in [5.41, 5.74) is 0. The molecule has 0 radical (unpaired) electrons. The summed E-state index contributed by atoms with van der Waals surface area (Å²) in [7, 11) is 0. The van der Waals surface area contributed by atoms with Crippen molar-refractivity contribution < 1.29 is 14.3 Å². The Labute approximate surface area is 112 Å². The van der Waals surface area contributed by atoms with Crippen LogP contribution in [-0.2, 0) is 14.3 Å². The third-order valence-electron chi connectivity index (χ3n) is 2.64. The largest absolute Gasteiger partial charge is 0.379 e. The van der Waals surface area contributed by atoms with Gasteiger partial charge in [0, 0.05) is 26.2 Å². The number of amides is 2. The molecule has 0 bridgehead atoms. The van der Waals surface area contributed by atoms with Gasteiger partial charge in [-0.1, -0.05) is 0 Å². The smallest absolute Gasteiger partial charge is 0.239 e. The third kappa shape index (κ3) is 6.18. The van der Waals surface area contributed by atoms with Crippen LogP contribution in [0.15, 0.2) is 0 Å². The first-order valence-corrected chi connectivity index (χ1v) is 6.52. The molecular weight excluding hydrogens is 258 g/mol. The third-order valence-corrected chi connectivity index (χ3v) is 2.84. The van der Waals surface area contributed by atoms with Gasteiger partial charge < -0.3 is 15.4 Å². The summed E-state index contributed by atoms with van der Waals surface area (Å²) in [4.78, 5) is 24.7. The normalized spacial score (nSPS) is 18.1. The lowest BCUT2D eigenvalue weighted by Gasteiger charge is -2.26. The van der Waals surface area contributed by atoms with Gasteiger partial charge >= 0.3 is 0 Å². The van der Waals surface area contributed by atoms with Crippen molar-refractivity contribution in [3.63, 3.8) is 0 Å². The highest BCUT2D eigenvalue weighted by atomic mass is 35.5. The van der Waals surface area contributed by atoms with Crippen molar-refractivity contribution in [3.05, 3.63) is 0 Å². The summed E-state index contributed by atoms with van der Waals surface area (Å²) in [5.74, 6) is -0.533. The molecule has 6 nitrogen and oxygen atoms in total. The molecule has 1 aliphatic heterocycles. The quantitative estimate of drug-likeness (QED) is 0.623. The van der Waals surface area contributed by atoms with E-state index in [9.17, 15) is 9.59 Å². The van der Waals surface area contributed by atoms with E-state index in [1.807, 2.05) is 0 Å². The summed E-state index contributed by atoms with van der Waals surface area (Å²) < 4.78 is 5.23. The minimum Gasteiger partial charge on any atom is -0.379 e. The molecule has 0 aromatic heterocycles. The van der Waals surface area contributed by atoms with Crippen molar-refractivity contribution in [3.8, 4) is 0 Å². The number of alkyl halides is 1. The average Bonchev–Trinajstić information content (AvgIpc) is 2.37. The van der Waals surface area contributed by atoms with E-state index < -0.39 is 5.38 Å². The van der Waals surface area contributed by atoms with Crippen LogP contribution >= 0.6 is 11.6 Å². The van der Waals surface area contributed by atoms with Gasteiger partial charge in [0.05, 0.1) is 19.8 Å². The monoisotopic (exact) mass is 277 g/mol. The predicted molar refractivity (Wildman–Crippen MR) is 68.6 cm³/mol. The molecule has 1 atom stereocenters. The number of carbonyl (C=O) groups excluding carboxylic acids is 2. The molecule has 1 saturated heterocycles. The molecule has 1 unspecified atom stereocenters. The van der Waals surface area contributed by atoms with Gasteiger partial charge in [0.2, 0.25) is 11.8 Å². The van der Waals surface area contributed by atoms with Crippen molar-refractivity contribution in [2.45, 2.75) is 12.3 Å². The Bertz CT molecular complexity index is 281. The van der Waals surface area contributed by atoms with Crippen molar-refractivity contribution >= 4 is 23.4 Å². The first-order valence-electron chi connectivity index (χ1n) is 6.08. The molecule has 18 heavy (non-hydrogen) atoms. The topological polar surface area (TPSA) is 70.7 Å². The van der Waals surface area contributed by atoms with E-state index in [0.29, 0.717) is 6.54 Å². The van der Waals surface area contributed by atoms with E-state index in [-0.39, 0.29) is 18.4 Å². The van der Waals surface area contributed by atoms with Gasteiger partial charge in [-0.15, -0.1) is 11.6 Å². The maximum Gasteiger partial charge on any atom is 0.239 e. The van der Waals surface area contributed by atoms with E-state index in [2.05, 4.69) is 15.5 Å². The van der Waals surface area contributed by atoms with Crippen LogP contribution in [0.25, 0.3) is 0 Å². The second kappa shape index (κ2) is 8.29. The van der Waals surface area contributed by atoms with E-state index >= 15 is 0 Å². The maximum atomic E-state index is 11.4. The van der Waals surface area contributed by atoms with Crippen LogP contribution in [-0.4, -0.2) is 68.0 Å². The summed E-state index contributed by atoms with van der Waals surface area (Å²) in [6, 6.07) is 0. The van der Waals surface area contributed by atoms with E-state index in [0.717, 1.165) is 32.8 Å². The summed E-state index contributed by atoms with van der Waals surface area (Å²) in [6.45, 7) is 6.20. The number of carbonyl (C=O) groups is 2. The molecule has 0 aliphatic carbocycles. The molecule has 2 amide bonds. The molecule has 0 aromatic rings. The van der Waals surface area contributed by atoms with Crippen LogP contribution in [0.5, 0.6) is 0 Å². The van der Waals surface area contributed by atoms with Gasteiger partial charge in [-0.05, 0) is 6.92 Å². The van der Waals surface area contributed by atoms with Crippen LogP contribution in [0, 0.1) is 0 Å². The van der Waals surface area contributed by atoms with Crippen LogP contribution in [0.3, 0.4) is 0 Å². The average molecular weight is 278 g/mol. The molecule has 2 N–H and O–H groups in total. The minimum atomic E-state index is -0.619. The molecule has 0 spiro atoms. The maximum absolute atomic E-state index is 11.4. The minimum absolute atomic E-state index is 0.0288. The lowest BCUT2D eigenvalue weighted by molar-refractivity contribution is -0.125. The van der Waals surface area contributed by atoms with Gasteiger partial charge in [0.1, 0.15) is 5.38 Å². The number of nitrogens with one attached hydrogen (secondary N) is 2. The molecule has 7 heteroatoms. The predicted octanol–water partition coefficient (Wildman–Crippen LogP) is -0.822. The molecule has 1 fully saturated rings. The lowest BCUT2D eigenvalue weighted by atomic mass is 10.4. The number of hydrogen-bond donors (Lipinski definition) is 2. The zero-order chi connectivity index (χ0) is 13.4. The molecule has 0 aromatic carbocycles. The number of halogens is 1. The van der Waals surface area contributed by atoms with Gasteiger partial charge in [0.25, 0.3) is 0 Å². The van der Waals surface area contributed by atoms with Crippen molar-refractivity contribution in [2.24, 2.45) is 0 Å². The summed E-state index contributed by atoms with van der Waals surface area (Å²) in [6.07, 6.45) is 0. The Morgan fingerprint density at radius 3 is 2.61 bits per heavy atom. The lowest BCUT2D eigenvalue weighted by Crippen LogP contribution is -2.44. The standard InChI is InChI=1S/C11H20ClN3O3/c1-9(12)11(17)14-8-10(16)13-2-3-15-4-6-18-7-5-15/h9H,2-8H2,1H3,(H,13,16)(H,14,17). The van der Waals surface area contributed by atoms with Gasteiger partial charge in [0.15, 0.2) is 0 Å². The molecule has 1 rings (SSSR count). The molecule has 1 heterocycles. The zero-order valence-electron chi connectivity index (χ0n) is 10.6. The van der Waals surface area contributed by atoms with Crippen LogP contribution in [0.2, 0.25) is 0 Å². The SMILES string of the molecule is CC(Cl)C(=O)NCC(=O)NCCN1CCOCC1. The van der Waals surface area contributed by atoms with Crippen LogP contribution in [0.1, 0.15) is 6.92 Å². The summed E-state index contributed by atoms with van der Waals surface area (Å²) >= 11 is 5.56. The number of hydrogen-bond acceptors (Lipinski definition) is 4. The Kier molecular flexibility index (Phi) is 7.00. The number of ether oxygens (including phenoxy) is 1. The zero-order valence-corrected chi connectivity index (χ0v) is 11.3. The van der Waals surface area contributed by atoms with Gasteiger partial charge in [-0.25, -0.2) is 0 Å². The first-order chi connectivity index (χ1) is 8.59. The number of morpholine rings is 1. The molecule has 0 saturated carbocycles. The Morgan fingerprint density at radius 2 is 2.00 bits per heavy atom. The fourth-order valence-electron chi connectivity index (χ4n) is 1.55. The van der Waals surface area contributed by atoms with E-state index in [4.69, 9.17) is 16.3 Å². The van der Waals surface area contributed by atoms with Crippen LogP contribution in [0.4, 0.5) is 0 Å². The van der Waals surface area contributed by atoms with E-state index in [1.54, 1.807) is 6.92 Å². The summed E-state index contributed by atoms with van der Waals surface area (Å²) in [5, 5.41) is 4.58. The van der Waals surface area contributed by atoms with Crippen molar-refractivity contribution in [2.75, 3.05) is 45.9 Å². The van der Waals surface area contributed by atoms with Crippen molar-refractivity contribution in [1.29, 1.82) is 0 Å². The highest BCUT2D eigenvalue weighted by Gasteiger charge is 2.12. The van der Waals surface area contributed by atoms with Gasteiger partial charge in [-0.2, -0.15) is 0 Å². The van der Waals surface area contributed by atoms with Gasteiger partial charge in [-0.3, -0.25) is 14.5 Å². The van der Waals surface area contributed by atoms with E-state index in [1.165, 1.54) is 0 Å². The fourth-order valence-corrected chi connectivity index (χ4v) is 1.63. The number of rotatable bonds is 6. The fraction of sp³-hybridized carbons (Fsp3) is 0.818. The second-order valence-electron chi connectivity index (χ2n) is 4.14. The molecular formula is C11H20ClN3O3. The first kappa shape index (κ1) is 15.2. The highest BCUT2D eigenvalue weighted by molar-refractivity contribution is 6.30. The Balaban J connectivity index is 2.04. The molecule has 1 aliphatic rings. The van der Waals surface area contributed by atoms with Crippen LogP contribution < -0.4 is 10.6 Å². The molecule has 104 valence electrons. The van der Waals surface area contributed by atoms with Crippen molar-refractivity contribution in [1.82, 2.24) is 15.5 Å². The highest BCUT2D eigenvalue weighted by Crippen LogP contribution is 1.94. The Morgan fingerprint density at radius 1 is 1.33 bits per heavy atom. The number of nitrogens with zero attached hydrogens (tertiary/aromatic N) is 1.